The van der Waals surface area contributed by atoms with Gasteiger partial charge in [0.05, 0.1) is 36.2 Å². The lowest BCUT2D eigenvalue weighted by Gasteiger charge is -2.25. The van der Waals surface area contributed by atoms with Crippen LogP contribution in [0.5, 0.6) is 0 Å². The van der Waals surface area contributed by atoms with E-state index in [-0.39, 0.29) is 0 Å². The number of amidine groups is 1. The fourth-order valence-corrected chi connectivity index (χ4v) is 6.03. The van der Waals surface area contributed by atoms with Gasteiger partial charge in [-0.3, -0.25) is 0 Å². The number of anilines is 1. The molecule has 134 valence electrons. The summed E-state index contributed by atoms with van der Waals surface area (Å²) in [6, 6.07) is 0. The van der Waals surface area contributed by atoms with Gasteiger partial charge >= 0.3 is 5.17 Å². The molecule has 0 radical (unpaired) electrons. The van der Waals surface area contributed by atoms with Crippen molar-refractivity contribution in [1.82, 2.24) is 4.98 Å². The second kappa shape index (κ2) is 8.22. The molecule has 4 heterocycles. The highest BCUT2D eigenvalue weighted by atomic mass is 32.2. The molecule has 1 aromatic rings. The normalized spacial score (nSPS) is 23.5. The molecule has 0 bridgehead atoms. The van der Waals surface area contributed by atoms with E-state index in [1.807, 2.05) is 12.4 Å². The van der Waals surface area contributed by atoms with Crippen LogP contribution in [0.15, 0.2) is 16.1 Å². The highest BCUT2D eigenvalue weighted by Crippen LogP contribution is 2.40. The minimum atomic E-state index is 0.783. The zero-order chi connectivity index (χ0) is 17.1. The van der Waals surface area contributed by atoms with Crippen molar-refractivity contribution >= 4 is 56.3 Å². The number of aromatic nitrogens is 1. The first-order chi connectivity index (χ1) is 12.3. The number of ether oxygens (including phenoxy) is 2. The second-order valence-electron chi connectivity index (χ2n) is 5.75. The largest absolute Gasteiger partial charge is 0.378 e. The minimum absolute atomic E-state index is 0.783. The highest BCUT2D eigenvalue weighted by molar-refractivity contribution is 8.19. The minimum Gasteiger partial charge on any atom is -0.378 e. The van der Waals surface area contributed by atoms with E-state index < -0.39 is 0 Å². The molecule has 2 saturated heterocycles. The number of aliphatic imine (C=N–C) groups is 1. The molecule has 3 aliphatic rings. The first kappa shape index (κ1) is 17.5. The first-order valence-electron chi connectivity index (χ1n) is 8.34. The van der Waals surface area contributed by atoms with Crippen LogP contribution in [-0.4, -0.2) is 79.8 Å². The molecule has 0 N–H and O–H groups in total. The summed E-state index contributed by atoms with van der Waals surface area (Å²) in [5.41, 5.74) is 0. The summed E-state index contributed by atoms with van der Waals surface area (Å²) in [6.07, 6.45) is 6.11. The Bertz CT molecular complexity index is 715. The maximum atomic E-state index is 5.43. The van der Waals surface area contributed by atoms with Crippen molar-refractivity contribution in [3.8, 4) is 0 Å². The Morgan fingerprint density at radius 2 is 1.96 bits per heavy atom. The SMILES string of the molecule is CS/C(=C1/C=NC(=[N+]2CCOCC2)S1)c1cnc(N2CCOCC2)s1. The van der Waals surface area contributed by atoms with E-state index in [9.17, 15) is 0 Å². The van der Waals surface area contributed by atoms with Crippen molar-refractivity contribution in [1.29, 1.82) is 0 Å². The van der Waals surface area contributed by atoms with E-state index >= 15 is 0 Å². The molecule has 0 unspecified atom stereocenters. The van der Waals surface area contributed by atoms with Crippen LogP contribution in [0.4, 0.5) is 5.13 Å². The maximum absolute atomic E-state index is 5.43. The summed E-state index contributed by atoms with van der Waals surface area (Å²) >= 11 is 5.28. The zero-order valence-corrected chi connectivity index (χ0v) is 16.6. The third-order valence-electron chi connectivity index (χ3n) is 4.20. The monoisotopic (exact) mass is 397 g/mol. The molecule has 0 amide bonds. The van der Waals surface area contributed by atoms with Gasteiger partial charge in [0.2, 0.25) is 0 Å². The summed E-state index contributed by atoms with van der Waals surface area (Å²) in [5, 5.41) is 2.17. The molecule has 0 spiro atoms. The van der Waals surface area contributed by atoms with Crippen LogP contribution in [0, 0.1) is 0 Å². The van der Waals surface area contributed by atoms with Gasteiger partial charge in [-0.1, -0.05) is 11.3 Å². The van der Waals surface area contributed by atoms with Gasteiger partial charge in [-0.05, 0) is 11.2 Å². The van der Waals surface area contributed by atoms with Gasteiger partial charge in [0.15, 0.2) is 11.3 Å². The van der Waals surface area contributed by atoms with Crippen LogP contribution in [0.3, 0.4) is 0 Å². The van der Waals surface area contributed by atoms with E-state index in [1.165, 1.54) is 14.7 Å². The Hall–Kier alpha value is -0.870. The van der Waals surface area contributed by atoms with Crippen molar-refractivity contribution in [3.63, 3.8) is 0 Å². The molecular weight excluding hydrogens is 376 g/mol. The van der Waals surface area contributed by atoms with Gasteiger partial charge in [0, 0.05) is 36.0 Å². The van der Waals surface area contributed by atoms with Gasteiger partial charge in [-0.2, -0.15) is 0 Å². The van der Waals surface area contributed by atoms with Crippen molar-refractivity contribution in [2.24, 2.45) is 4.99 Å². The molecule has 2 fully saturated rings. The quantitative estimate of drug-likeness (QED) is 0.729. The molecular formula is C16H21N4O2S3+. The third-order valence-corrected chi connectivity index (χ3v) is 7.46. The molecule has 25 heavy (non-hydrogen) atoms. The van der Waals surface area contributed by atoms with Crippen molar-refractivity contribution < 1.29 is 14.0 Å². The standard InChI is InChI=1S/C16H21N4O2S3/c1-23-14(12-10-17-15(24-12)19-2-6-21-7-3-19)13-11-18-16(25-13)20-4-8-22-9-5-20/h10-11H,2-9H2,1H3/q+1. The van der Waals surface area contributed by atoms with Gasteiger partial charge in [-0.15, -0.1) is 11.8 Å². The summed E-state index contributed by atoms with van der Waals surface area (Å²) in [7, 11) is 0. The van der Waals surface area contributed by atoms with Gasteiger partial charge in [-0.25, -0.2) is 9.56 Å². The second-order valence-corrected chi connectivity index (χ2v) is 8.58. The lowest BCUT2D eigenvalue weighted by Crippen LogP contribution is -2.36. The zero-order valence-electron chi connectivity index (χ0n) is 14.1. The fourth-order valence-electron chi connectivity index (χ4n) is 2.86. The van der Waals surface area contributed by atoms with Crippen LogP contribution in [0.25, 0.3) is 4.91 Å². The van der Waals surface area contributed by atoms with Crippen molar-refractivity contribution in [3.05, 3.63) is 16.0 Å². The summed E-state index contributed by atoms with van der Waals surface area (Å²) in [5.74, 6) is 0. The molecule has 0 aromatic carbocycles. The summed E-state index contributed by atoms with van der Waals surface area (Å²) in [4.78, 5) is 15.3. The summed E-state index contributed by atoms with van der Waals surface area (Å²) in [6.45, 7) is 6.81. The molecule has 4 rings (SSSR count). The fraction of sp³-hybridized carbons (Fsp3) is 0.562. The lowest BCUT2D eigenvalue weighted by molar-refractivity contribution is -0.547. The van der Waals surface area contributed by atoms with E-state index in [2.05, 4.69) is 25.7 Å². The average molecular weight is 398 g/mol. The van der Waals surface area contributed by atoms with E-state index in [0.29, 0.717) is 0 Å². The van der Waals surface area contributed by atoms with Crippen LogP contribution >= 0.6 is 34.9 Å². The molecule has 6 nitrogen and oxygen atoms in total. The number of morpholine rings is 2. The Morgan fingerprint density at radius 3 is 2.72 bits per heavy atom. The summed E-state index contributed by atoms with van der Waals surface area (Å²) < 4.78 is 13.2. The van der Waals surface area contributed by atoms with E-state index in [4.69, 9.17) is 9.47 Å². The topological polar surface area (TPSA) is 50.0 Å². The Morgan fingerprint density at radius 1 is 1.20 bits per heavy atom. The highest BCUT2D eigenvalue weighted by Gasteiger charge is 2.28. The maximum Gasteiger partial charge on any atom is 0.359 e. The predicted molar refractivity (Wildman–Crippen MR) is 107 cm³/mol. The van der Waals surface area contributed by atoms with Crippen molar-refractivity contribution in [2.75, 3.05) is 63.8 Å². The third kappa shape index (κ3) is 3.95. The van der Waals surface area contributed by atoms with E-state index in [0.717, 1.165) is 62.9 Å². The number of thiazole rings is 1. The number of rotatable bonds is 3. The molecule has 9 heteroatoms. The molecule has 0 saturated carbocycles. The average Bonchev–Trinajstić information content (AvgIpc) is 3.35. The predicted octanol–water partition coefficient (Wildman–Crippen LogP) is 2.23. The van der Waals surface area contributed by atoms with E-state index in [1.54, 1.807) is 34.9 Å². The van der Waals surface area contributed by atoms with Gasteiger partial charge in [0.1, 0.15) is 13.1 Å². The van der Waals surface area contributed by atoms with Crippen LogP contribution in [0.1, 0.15) is 4.88 Å². The lowest BCUT2D eigenvalue weighted by atomic mass is 10.4. The van der Waals surface area contributed by atoms with Crippen LogP contribution in [0.2, 0.25) is 0 Å². The Labute approximate surface area is 160 Å². The molecule has 1 aromatic heterocycles. The van der Waals surface area contributed by atoms with Gasteiger partial charge in [0.25, 0.3) is 0 Å². The Balaban J connectivity index is 1.55. The first-order valence-corrected chi connectivity index (χ1v) is 11.2. The number of allylic oxidation sites excluding steroid dienone is 1. The number of thioether (sulfide) groups is 2. The van der Waals surface area contributed by atoms with Crippen molar-refractivity contribution in [2.45, 2.75) is 0 Å². The molecule has 0 atom stereocenters. The number of nitrogens with zero attached hydrogens (tertiary/aromatic N) is 4. The molecule has 0 aliphatic carbocycles. The Kier molecular flexibility index (Phi) is 5.76. The molecule has 3 aliphatic heterocycles. The number of hydrogen-bond acceptors (Lipinski definition) is 7. The number of hydrogen-bond donors (Lipinski definition) is 0. The van der Waals surface area contributed by atoms with Gasteiger partial charge < -0.3 is 14.4 Å². The smallest absolute Gasteiger partial charge is 0.359 e. The van der Waals surface area contributed by atoms with Crippen LogP contribution < -0.4 is 4.90 Å². The van der Waals surface area contributed by atoms with Crippen LogP contribution in [-0.2, 0) is 9.47 Å².